The molecule has 1 fully saturated rings. The second-order valence-electron chi connectivity index (χ2n) is 4.42. The molecule has 1 heterocycles. The molecular formula is C11H11ClFNO4S. The van der Waals surface area contributed by atoms with E-state index in [1.165, 1.54) is 23.1 Å². The molecule has 1 saturated heterocycles. The number of hydrogen-bond donors (Lipinski definition) is 1. The summed E-state index contributed by atoms with van der Waals surface area (Å²) in [6.07, 6.45) is -0.0604. The van der Waals surface area contributed by atoms with Gasteiger partial charge in [-0.1, -0.05) is 11.6 Å². The lowest BCUT2D eigenvalue weighted by molar-refractivity contribution is -0.117. The summed E-state index contributed by atoms with van der Waals surface area (Å²) >= 11 is 5.93. The molecule has 1 aliphatic rings. The highest BCUT2D eigenvalue weighted by atomic mass is 35.5. The van der Waals surface area contributed by atoms with E-state index in [0.29, 0.717) is 5.69 Å². The van der Waals surface area contributed by atoms with Crippen LogP contribution in [0.5, 0.6) is 5.75 Å². The summed E-state index contributed by atoms with van der Waals surface area (Å²) in [5.41, 5.74) is 0.297. The predicted molar refractivity (Wildman–Crippen MR) is 68.5 cm³/mol. The van der Waals surface area contributed by atoms with Crippen LogP contribution in [0.25, 0.3) is 0 Å². The van der Waals surface area contributed by atoms with Crippen molar-refractivity contribution in [2.24, 2.45) is 5.92 Å². The molecule has 0 aliphatic carbocycles. The van der Waals surface area contributed by atoms with Crippen molar-refractivity contribution >= 4 is 33.4 Å². The number of phenols is 1. The van der Waals surface area contributed by atoms with Crippen molar-refractivity contribution in [3.63, 3.8) is 0 Å². The number of hydrogen-bond acceptors (Lipinski definition) is 4. The van der Waals surface area contributed by atoms with E-state index in [4.69, 9.17) is 11.6 Å². The minimum absolute atomic E-state index is 0.0604. The summed E-state index contributed by atoms with van der Waals surface area (Å²) < 4.78 is 33.8. The molecule has 0 saturated carbocycles. The highest BCUT2D eigenvalue weighted by Gasteiger charge is 2.34. The van der Waals surface area contributed by atoms with Crippen LogP contribution in [0.15, 0.2) is 18.2 Å². The molecule has 19 heavy (non-hydrogen) atoms. The first-order valence-corrected chi connectivity index (χ1v) is 7.40. The van der Waals surface area contributed by atoms with E-state index in [1.54, 1.807) is 0 Å². The van der Waals surface area contributed by atoms with Crippen LogP contribution < -0.4 is 4.90 Å². The maximum Gasteiger partial charge on any atom is 0.302 e. The van der Waals surface area contributed by atoms with Gasteiger partial charge in [-0.25, -0.2) is 0 Å². The average molecular weight is 308 g/mol. The van der Waals surface area contributed by atoms with Crippen LogP contribution in [0.4, 0.5) is 9.57 Å². The van der Waals surface area contributed by atoms with Crippen molar-refractivity contribution in [1.82, 2.24) is 0 Å². The normalized spacial score (nSPS) is 20.0. The minimum atomic E-state index is -4.62. The standard InChI is InChI=1S/C11H11ClFNO4S/c12-9-2-1-8(15)4-10(9)14-5-7(3-11(14)16)6-19(13,17)18/h1-2,4,7,15H,3,5-6H2. The summed E-state index contributed by atoms with van der Waals surface area (Å²) in [6, 6.07) is 4.11. The Morgan fingerprint density at radius 1 is 1.47 bits per heavy atom. The van der Waals surface area contributed by atoms with Gasteiger partial charge in [0.05, 0.1) is 16.5 Å². The molecule has 5 nitrogen and oxygen atoms in total. The molecule has 0 aromatic heterocycles. The van der Waals surface area contributed by atoms with Crippen LogP contribution in [-0.4, -0.2) is 31.7 Å². The Bertz CT molecular complexity index is 619. The van der Waals surface area contributed by atoms with Gasteiger partial charge in [0.1, 0.15) is 5.75 Å². The van der Waals surface area contributed by atoms with E-state index in [-0.39, 0.29) is 29.6 Å². The van der Waals surface area contributed by atoms with Gasteiger partial charge in [-0.3, -0.25) is 4.79 Å². The number of anilines is 1. The van der Waals surface area contributed by atoms with E-state index >= 15 is 0 Å². The Morgan fingerprint density at radius 3 is 2.79 bits per heavy atom. The molecule has 8 heteroatoms. The number of benzene rings is 1. The van der Waals surface area contributed by atoms with E-state index in [2.05, 4.69) is 0 Å². The molecule has 0 bridgehead atoms. The first kappa shape index (κ1) is 14.1. The lowest BCUT2D eigenvalue weighted by Crippen LogP contribution is -2.25. The second-order valence-corrected chi connectivity index (χ2v) is 6.23. The van der Waals surface area contributed by atoms with Gasteiger partial charge in [0.25, 0.3) is 0 Å². The maximum atomic E-state index is 12.6. The number of rotatable bonds is 3. The SMILES string of the molecule is O=C1CC(CS(=O)(=O)F)CN1c1cc(O)ccc1Cl. The van der Waals surface area contributed by atoms with Crippen LogP contribution >= 0.6 is 11.6 Å². The van der Waals surface area contributed by atoms with Gasteiger partial charge in [0.15, 0.2) is 0 Å². The zero-order valence-electron chi connectivity index (χ0n) is 9.71. The topological polar surface area (TPSA) is 74.7 Å². The Labute approximate surface area is 114 Å². The lowest BCUT2D eigenvalue weighted by atomic mass is 10.1. The van der Waals surface area contributed by atoms with Gasteiger partial charge in [-0.05, 0) is 12.1 Å². The minimum Gasteiger partial charge on any atom is -0.508 e. The van der Waals surface area contributed by atoms with Gasteiger partial charge in [0, 0.05) is 24.9 Å². The Morgan fingerprint density at radius 2 is 2.16 bits per heavy atom. The van der Waals surface area contributed by atoms with Crippen molar-refractivity contribution in [1.29, 1.82) is 0 Å². The van der Waals surface area contributed by atoms with E-state index in [1.807, 2.05) is 0 Å². The fourth-order valence-corrected chi connectivity index (χ4v) is 3.12. The molecule has 1 aliphatic heterocycles. The van der Waals surface area contributed by atoms with Gasteiger partial charge >= 0.3 is 10.2 Å². The van der Waals surface area contributed by atoms with Crippen molar-refractivity contribution < 1.29 is 22.2 Å². The summed E-state index contributed by atoms with van der Waals surface area (Å²) in [5, 5.41) is 9.64. The highest BCUT2D eigenvalue weighted by Crippen LogP contribution is 2.34. The van der Waals surface area contributed by atoms with Crippen LogP contribution in [0, 0.1) is 5.92 Å². The Kier molecular flexibility index (Phi) is 3.69. The summed E-state index contributed by atoms with van der Waals surface area (Å²) in [6.45, 7) is 0.0607. The zero-order chi connectivity index (χ0) is 14.2. The fraction of sp³-hybridized carbons (Fsp3) is 0.364. The number of aromatic hydroxyl groups is 1. The highest BCUT2D eigenvalue weighted by molar-refractivity contribution is 7.86. The van der Waals surface area contributed by atoms with Gasteiger partial charge in [-0.2, -0.15) is 8.42 Å². The Balaban J connectivity index is 2.23. The smallest absolute Gasteiger partial charge is 0.302 e. The van der Waals surface area contributed by atoms with Gasteiger partial charge in [0.2, 0.25) is 5.91 Å². The molecule has 1 amide bonds. The fourth-order valence-electron chi connectivity index (χ4n) is 2.12. The first-order chi connectivity index (χ1) is 8.76. The van der Waals surface area contributed by atoms with E-state index in [0.717, 1.165) is 0 Å². The third-order valence-electron chi connectivity index (χ3n) is 2.86. The van der Waals surface area contributed by atoms with Gasteiger partial charge in [-0.15, -0.1) is 3.89 Å². The van der Waals surface area contributed by atoms with Crippen LogP contribution in [0.3, 0.4) is 0 Å². The number of phenolic OH excluding ortho intramolecular Hbond substituents is 1. The summed E-state index contributed by atoms with van der Waals surface area (Å²) in [4.78, 5) is 13.1. The molecule has 1 N–H and O–H groups in total. The van der Waals surface area contributed by atoms with Gasteiger partial charge < -0.3 is 10.0 Å². The molecule has 0 radical (unpaired) electrons. The number of halogens is 2. The number of carbonyl (C=O) groups is 1. The average Bonchev–Trinajstić information content (AvgIpc) is 2.60. The van der Waals surface area contributed by atoms with Crippen LogP contribution in [0.1, 0.15) is 6.42 Å². The molecule has 1 aromatic carbocycles. The third kappa shape index (κ3) is 3.36. The van der Waals surface area contributed by atoms with Crippen molar-refractivity contribution in [3.05, 3.63) is 23.2 Å². The van der Waals surface area contributed by atoms with Crippen molar-refractivity contribution in [3.8, 4) is 5.75 Å². The number of carbonyl (C=O) groups excluding carboxylic acids is 1. The van der Waals surface area contributed by atoms with Crippen LogP contribution in [0.2, 0.25) is 5.02 Å². The molecule has 0 spiro atoms. The third-order valence-corrected chi connectivity index (χ3v) is 4.05. The van der Waals surface area contributed by atoms with Crippen molar-refractivity contribution in [2.45, 2.75) is 6.42 Å². The summed E-state index contributed by atoms with van der Waals surface area (Å²) in [5.74, 6) is -1.71. The Hall–Kier alpha value is -1.34. The molecular weight excluding hydrogens is 297 g/mol. The number of nitrogens with zero attached hydrogens (tertiary/aromatic N) is 1. The molecule has 1 unspecified atom stereocenters. The number of amides is 1. The van der Waals surface area contributed by atoms with E-state index < -0.39 is 21.9 Å². The summed E-state index contributed by atoms with van der Waals surface area (Å²) in [7, 11) is -4.62. The maximum absolute atomic E-state index is 12.6. The molecule has 104 valence electrons. The lowest BCUT2D eigenvalue weighted by Gasteiger charge is -2.18. The largest absolute Gasteiger partial charge is 0.508 e. The molecule has 1 atom stereocenters. The zero-order valence-corrected chi connectivity index (χ0v) is 11.3. The molecule has 2 rings (SSSR count). The quantitative estimate of drug-likeness (QED) is 0.862. The van der Waals surface area contributed by atoms with E-state index in [9.17, 15) is 22.2 Å². The van der Waals surface area contributed by atoms with Crippen LogP contribution in [-0.2, 0) is 15.0 Å². The molecule has 1 aromatic rings. The second kappa shape index (κ2) is 4.97. The first-order valence-electron chi connectivity index (χ1n) is 5.47. The monoisotopic (exact) mass is 307 g/mol. The van der Waals surface area contributed by atoms with Crippen molar-refractivity contribution in [2.75, 3.05) is 17.2 Å². The predicted octanol–water partition coefficient (Wildman–Crippen LogP) is 1.70.